The third kappa shape index (κ3) is 2.90. The Morgan fingerprint density at radius 1 is 1.29 bits per heavy atom. The molecule has 0 atom stereocenters. The minimum atomic E-state index is -0.0835. The average Bonchev–Trinajstić information content (AvgIpc) is 2.48. The molecule has 2 aromatic heterocycles. The van der Waals surface area contributed by atoms with Crippen molar-refractivity contribution in [1.82, 2.24) is 9.97 Å². The quantitative estimate of drug-likeness (QED) is 0.728. The molecule has 2 N–H and O–H groups in total. The van der Waals surface area contributed by atoms with Gasteiger partial charge in [-0.05, 0) is 36.1 Å². The van der Waals surface area contributed by atoms with Gasteiger partial charge >= 0.3 is 0 Å². The topological polar surface area (TPSA) is 57.8 Å². The number of hydrogen-bond acceptors (Lipinski definition) is 3. The Morgan fingerprint density at radius 3 is 2.90 bits per heavy atom. The van der Waals surface area contributed by atoms with E-state index in [1.807, 2.05) is 43.3 Å². The van der Waals surface area contributed by atoms with Crippen LogP contribution in [-0.4, -0.2) is 9.97 Å². The maximum absolute atomic E-state index is 12.0. The largest absolute Gasteiger partial charge is 0.380 e. The van der Waals surface area contributed by atoms with Gasteiger partial charge in [-0.3, -0.25) is 4.79 Å². The summed E-state index contributed by atoms with van der Waals surface area (Å²) in [5.74, 6) is 0. The van der Waals surface area contributed by atoms with Gasteiger partial charge in [0.25, 0.3) is 5.56 Å². The number of aryl methyl sites for hydroxylation is 1. The van der Waals surface area contributed by atoms with Crippen LogP contribution in [0.2, 0.25) is 5.15 Å². The number of pyridine rings is 2. The molecule has 0 fully saturated rings. The number of aromatic amines is 1. The molecule has 3 aromatic rings. The van der Waals surface area contributed by atoms with Crippen molar-refractivity contribution in [1.29, 1.82) is 0 Å². The van der Waals surface area contributed by atoms with E-state index >= 15 is 0 Å². The zero-order chi connectivity index (χ0) is 14.8. The summed E-state index contributed by atoms with van der Waals surface area (Å²) in [7, 11) is 0. The lowest BCUT2D eigenvalue weighted by Crippen LogP contribution is -2.15. The molecule has 0 unspecified atom stereocenters. The summed E-state index contributed by atoms with van der Waals surface area (Å²) in [4.78, 5) is 19.0. The molecule has 0 amide bonds. The van der Waals surface area contributed by atoms with Crippen molar-refractivity contribution in [2.45, 2.75) is 13.5 Å². The molecule has 2 heterocycles. The first kappa shape index (κ1) is 13.6. The van der Waals surface area contributed by atoms with Crippen molar-refractivity contribution in [3.63, 3.8) is 0 Å². The smallest absolute Gasteiger partial charge is 0.253 e. The highest BCUT2D eigenvalue weighted by Crippen LogP contribution is 2.17. The van der Waals surface area contributed by atoms with Crippen molar-refractivity contribution in [2.24, 2.45) is 0 Å². The number of nitrogens with zero attached hydrogens (tertiary/aromatic N) is 1. The number of halogens is 1. The van der Waals surface area contributed by atoms with Gasteiger partial charge in [0.15, 0.2) is 0 Å². The van der Waals surface area contributed by atoms with Crippen LogP contribution in [0.25, 0.3) is 10.9 Å². The molecular formula is C16H14ClN3O. The normalized spacial score (nSPS) is 10.8. The van der Waals surface area contributed by atoms with Gasteiger partial charge in [0.2, 0.25) is 0 Å². The van der Waals surface area contributed by atoms with Crippen LogP contribution >= 0.6 is 11.6 Å². The van der Waals surface area contributed by atoms with Gasteiger partial charge < -0.3 is 10.3 Å². The molecule has 4 nitrogen and oxygen atoms in total. The Hall–Kier alpha value is -2.33. The molecule has 106 valence electrons. The molecule has 0 aliphatic carbocycles. The number of para-hydroxylation sites is 1. The number of nitrogens with one attached hydrogen (secondary N) is 2. The van der Waals surface area contributed by atoms with Gasteiger partial charge in [0, 0.05) is 17.6 Å². The number of hydrogen-bond donors (Lipinski definition) is 2. The molecule has 1 aromatic carbocycles. The van der Waals surface area contributed by atoms with E-state index in [0.29, 0.717) is 17.3 Å². The summed E-state index contributed by atoms with van der Waals surface area (Å²) in [5.41, 5.74) is 3.18. The predicted molar refractivity (Wildman–Crippen MR) is 85.9 cm³/mol. The first-order chi connectivity index (χ1) is 10.1. The lowest BCUT2D eigenvalue weighted by atomic mass is 10.1. The number of benzene rings is 1. The molecule has 5 heteroatoms. The summed E-state index contributed by atoms with van der Waals surface area (Å²) < 4.78 is 0. The highest BCUT2D eigenvalue weighted by Gasteiger charge is 2.04. The fourth-order valence-electron chi connectivity index (χ4n) is 2.18. The summed E-state index contributed by atoms with van der Waals surface area (Å²) >= 11 is 5.89. The monoisotopic (exact) mass is 299 g/mol. The van der Waals surface area contributed by atoms with Gasteiger partial charge in [-0.25, -0.2) is 4.98 Å². The molecule has 21 heavy (non-hydrogen) atoms. The SMILES string of the molecule is Cc1cc(NCc2cc3ccccc3[nH]c2=O)cnc1Cl. The number of rotatable bonds is 3. The molecule has 0 spiro atoms. The van der Waals surface area contributed by atoms with Gasteiger partial charge in [-0.2, -0.15) is 0 Å². The summed E-state index contributed by atoms with van der Waals surface area (Å²) in [6.07, 6.45) is 1.66. The fourth-order valence-corrected chi connectivity index (χ4v) is 2.28. The highest BCUT2D eigenvalue weighted by molar-refractivity contribution is 6.30. The second kappa shape index (κ2) is 5.58. The van der Waals surface area contributed by atoms with E-state index in [9.17, 15) is 4.79 Å². The summed E-state index contributed by atoms with van der Waals surface area (Å²) in [5, 5.41) is 4.70. The second-order valence-corrected chi connectivity index (χ2v) is 5.25. The van der Waals surface area contributed by atoms with Gasteiger partial charge in [-0.15, -0.1) is 0 Å². The first-order valence-electron chi connectivity index (χ1n) is 6.60. The molecule has 0 aliphatic heterocycles. The van der Waals surface area contributed by atoms with Crippen LogP contribution in [0.3, 0.4) is 0 Å². The van der Waals surface area contributed by atoms with Crippen molar-refractivity contribution in [3.05, 3.63) is 69.2 Å². The van der Waals surface area contributed by atoms with E-state index in [2.05, 4.69) is 15.3 Å². The number of H-pyrrole nitrogens is 1. The zero-order valence-electron chi connectivity index (χ0n) is 11.5. The lowest BCUT2D eigenvalue weighted by Gasteiger charge is -2.08. The Bertz CT molecular complexity index is 858. The summed E-state index contributed by atoms with van der Waals surface area (Å²) in [6.45, 7) is 2.33. The van der Waals surface area contributed by atoms with Gasteiger partial charge in [0.1, 0.15) is 5.15 Å². The lowest BCUT2D eigenvalue weighted by molar-refractivity contribution is 1.08. The third-order valence-electron chi connectivity index (χ3n) is 3.33. The molecule has 0 saturated heterocycles. The Kier molecular flexibility index (Phi) is 3.62. The first-order valence-corrected chi connectivity index (χ1v) is 6.98. The van der Waals surface area contributed by atoms with E-state index in [1.165, 1.54) is 0 Å². The van der Waals surface area contributed by atoms with Crippen LogP contribution in [0.1, 0.15) is 11.1 Å². The number of aromatic nitrogens is 2. The standard InChI is InChI=1S/C16H14ClN3O/c1-10-6-13(9-19-15(10)17)18-8-12-7-11-4-2-3-5-14(11)20-16(12)21/h2-7,9,18H,8H2,1H3,(H,20,21). The van der Waals surface area contributed by atoms with Crippen molar-refractivity contribution >= 4 is 28.2 Å². The van der Waals surface area contributed by atoms with Gasteiger partial charge in [0.05, 0.1) is 11.9 Å². The van der Waals surface area contributed by atoms with Crippen LogP contribution in [0.5, 0.6) is 0 Å². The number of anilines is 1. The molecule has 0 saturated carbocycles. The van der Waals surface area contributed by atoms with E-state index in [1.54, 1.807) is 6.20 Å². The van der Waals surface area contributed by atoms with E-state index < -0.39 is 0 Å². The minimum Gasteiger partial charge on any atom is -0.380 e. The highest BCUT2D eigenvalue weighted by atomic mass is 35.5. The second-order valence-electron chi connectivity index (χ2n) is 4.90. The summed E-state index contributed by atoms with van der Waals surface area (Å²) in [6, 6.07) is 11.5. The average molecular weight is 300 g/mol. The number of fused-ring (bicyclic) bond motifs is 1. The van der Waals surface area contributed by atoms with Crippen molar-refractivity contribution in [3.8, 4) is 0 Å². The Morgan fingerprint density at radius 2 is 2.10 bits per heavy atom. The minimum absolute atomic E-state index is 0.0835. The van der Waals surface area contributed by atoms with Crippen LogP contribution < -0.4 is 10.9 Å². The zero-order valence-corrected chi connectivity index (χ0v) is 12.2. The fraction of sp³-hybridized carbons (Fsp3) is 0.125. The van der Waals surface area contributed by atoms with E-state index in [-0.39, 0.29) is 5.56 Å². The third-order valence-corrected chi connectivity index (χ3v) is 3.72. The van der Waals surface area contributed by atoms with Crippen LogP contribution in [-0.2, 0) is 6.54 Å². The van der Waals surface area contributed by atoms with E-state index in [4.69, 9.17) is 11.6 Å². The van der Waals surface area contributed by atoms with Gasteiger partial charge in [-0.1, -0.05) is 29.8 Å². The van der Waals surface area contributed by atoms with Crippen molar-refractivity contribution in [2.75, 3.05) is 5.32 Å². The van der Waals surface area contributed by atoms with Crippen LogP contribution in [0, 0.1) is 6.92 Å². The molecule has 3 rings (SSSR count). The Balaban J connectivity index is 1.86. The van der Waals surface area contributed by atoms with E-state index in [0.717, 1.165) is 22.2 Å². The van der Waals surface area contributed by atoms with Crippen LogP contribution in [0.15, 0.2) is 47.4 Å². The predicted octanol–water partition coefficient (Wildman–Crippen LogP) is 3.50. The molecule has 0 radical (unpaired) electrons. The molecule has 0 aliphatic rings. The van der Waals surface area contributed by atoms with Crippen molar-refractivity contribution < 1.29 is 0 Å². The molecule has 0 bridgehead atoms. The molecular weight excluding hydrogens is 286 g/mol. The Labute approximate surface area is 126 Å². The maximum Gasteiger partial charge on any atom is 0.253 e. The van der Waals surface area contributed by atoms with Crippen LogP contribution in [0.4, 0.5) is 5.69 Å². The maximum atomic E-state index is 12.0.